The van der Waals surface area contributed by atoms with Crippen LogP contribution in [0, 0.1) is 0 Å². The van der Waals surface area contributed by atoms with E-state index in [1.54, 1.807) is 21.3 Å². The van der Waals surface area contributed by atoms with Gasteiger partial charge in [0.2, 0.25) is 0 Å². The van der Waals surface area contributed by atoms with Gasteiger partial charge in [0, 0.05) is 20.6 Å². The Morgan fingerprint density at radius 2 is 1.94 bits per heavy atom. The highest BCUT2D eigenvalue weighted by Gasteiger charge is 2.05. The van der Waals surface area contributed by atoms with Crippen molar-refractivity contribution >= 4 is 0 Å². The fraction of sp³-hybridized carbons (Fsp3) is 0.467. The number of ether oxygens (including phenoxy) is 3. The van der Waals surface area contributed by atoms with Gasteiger partial charge in [-0.1, -0.05) is 23.8 Å². The van der Waals surface area contributed by atoms with Gasteiger partial charge in [0.1, 0.15) is 5.75 Å². The summed E-state index contributed by atoms with van der Waals surface area (Å²) in [6, 6.07) is 8.10. The monoisotopic (exact) mass is 250 g/mol. The van der Waals surface area contributed by atoms with E-state index in [9.17, 15) is 0 Å². The Balaban J connectivity index is 2.56. The minimum Gasteiger partial charge on any atom is -0.497 e. The lowest BCUT2D eigenvalue weighted by Gasteiger charge is -2.13. The minimum absolute atomic E-state index is 0.161. The molecule has 0 spiro atoms. The normalized spacial score (nSPS) is 11.9. The first-order chi connectivity index (χ1) is 8.69. The molecule has 0 saturated carbocycles. The third kappa shape index (κ3) is 4.90. The van der Waals surface area contributed by atoms with Crippen molar-refractivity contribution in [2.24, 2.45) is 0 Å². The summed E-state index contributed by atoms with van der Waals surface area (Å²) in [5, 5.41) is 0. The summed E-state index contributed by atoms with van der Waals surface area (Å²) in [5.41, 5.74) is 2.49. The van der Waals surface area contributed by atoms with Crippen LogP contribution in [0.15, 0.2) is 35.9 Å². The summed E-state index contributed by atoms with van der Waals surface area (Å²) in [7, 11) is 5.00. The quantitative estimate of drug-likeness (QED) is 0.549. The largest absolute Gasteiger partial charge is 0.497 e. The van der Waals surface area contributed by atoms with Crippen molar-refractivity contribution in [3.05, 3.63) is 41.5 Å². The molecule has 0 fully saturated rings. The molecule has 0 aliphatic carbocycles. The van der Waals surface area contributed by atoms with Gasteiger partial charge in [-0.05, 0) is 31.0 Å². The van der Waals surface area contributed by atoms with E-state index in [4.69, 9.17) is 14.2 Å². The van der Waals surface area contributed by atoms with Crippen molar-refractivity contribution in [1.82, 2.24) is 0 Å². The molecule has 0 heterocycles. The average Bonchev–Trinajstić information content (AvgIpc) is 2.42. The third-order valence-electron chi connectivity index (χ3n) is 2.83. The molecule has 1 aromatic rings. The fourth-order valence-corrected chi connectivity index (χ4v) is 1.70. The first-order valence-electron chi connectivity index (χ1n) is 6.03. The first kappa shape index (κ1) is 14.7. The summed E-state index contributed by atoms with van der Waals surface area (Å²) < 4.78 is 15.6. The van der Waals surface area contributed by atoms with Crippen molar-refractivity contribution in [1.29, 1.82) is 0 Å². The Hall–Kier alpha value is -1.32. The maximum absolute atomic E-state index is 5.20. The Kier molecular flexibility index (Phi) is 6.47. The van der Waals surface area contributed by atoms with Crippen LogP contribution in [-0.2, 0) is 15.9 Å². The molecule has 0 aromatic heterocycles. The highest BCUT2D eigenvalue weighted by atomic mass is 16.7. The molecule has 0 radical (unpaired) electrons. The zero-order chi connectivity index (χ0) is 13.4. The molecule has 0 aliphatic rings. The maximum Gasteiger partial charge on any atom is 0.160 e. The zero-order valence-corrected chi connectivity index (χ0v) is 11.6. The third-order valence-corrected chi connectivity index (χ3v) is 2.83. The van der Waals surface area contributed by atoms with Crippen molar-refractivity contribution in [3.63, 3.8) is 0 Å². The predicted molar refractivity (Wildman–Crippen MR) is 72.9 cm³/mol. The average molecular weight is 250 g/mol. The summed E-state index contributed by atoms with van der Waals surface area (Å²) in [6.07, 6.45) is 3.71. The molecule has 3 heteroatoms. The summed E-state index contributed by atoms with van der Waals surface area (Å²) in [6.45, 7) is 2.09. The van der Waals surface area contributed by atoms with Crippen LogP contribution in [0.4, 0.5) is 0 Å². The van der Waals surface area contributed by atoms with E-state index in [0.29, 0.717) is 0 Å². The lowest BCUT2D eigenvalue weighted by Crippen LogP contribution is -2.12. The van der Waals surface area contributed by atoms with E-state index >= 15 is 0 Å². The topological polar surface area (TPSA) is 27.7 Å². The van der Waals surface area contributed by atoms with Crippen LogP contribution in [0.3, 0.4) is 0 Å². The van der Waals surface area contributed by atoms with E-state index in [2.05, 4.69) is 19.1 Å². The van der Waals surface area contributed by atoms with Crippen LogP contribution < -0.4 is 4.74 Å². The molecule has 0 atom stereocenters. The van der Waals surface area contributed by atoms with Gasteiger partial charge < -0.3 is 14.2 Å². The SMILES string of the molecule is COc1cccc(C/C=C(/C)CC(OC)OC)c1. The standard InChI is InChI=1S/C15H22O3/c1-12(10-15(17-3)18-4)8-9-13-6-5-7-14(11-13)16-2/h5-8,11,15H,9-10H2,1-4H3/b12-8-. The van der Waals surface area contributed by atoms with Gasteiger partial charge in [0.05, 0.1) is 7.11 Å². The second-order valence-electron chi connectivity index (χ2n) is 4.21. The molecule has 1 aromatic carbocycles. The lowest BCUT2D eigenvalue weighted by atomic mass is 10.1. The minimum atomic E-state index is -0.161. The van der Waals surface area contributed by atoms with Crippen molar-refractivity contribution in [3.8, 4) is 5.75 Å². The van der Waals surface area contributed by atoms with Gasteiger partial charge in [-0.2, -0.15) is 0 Å². The number of hydrogen-bond acceptors (Lipinski definition) is 3. The van der Waals surface area contributed by atoms with Crippen molar-refractivity contribution in [2.45, 2.75) is 26.1 Å². The highest BCUT2D eigenvalue weighted by Crippen LogP contribution is 2.15. The molecule has 100 valence electrons. The molecule has 0 bridgehead atoms. The van der Waals surface area contributed by atoms with Gasteiger partial charge in [0.15, 0.2) is 6.29 Å². The Labute approximate surface area is 109 Å². The molecule has 3 nitrogen and oxygen atoms in total. The Bertz CT molecular complexity index is 381. The molecule has 1 rings (SSSR count). The van der Waals surface area contributed by atoms with Crippen LogP contribution in [0.5, 0.6) is 5.75 Å². The number of methoxy groups -OCH3 is 3. The van der Waals surface area contributed by atoms with E-state index in [0.717, 1.165) is 18.6 Å². The number of allylic oxidation sites excluding steroid dienone is 1. The first-order valence-corrected chi connectivity index (χ1v) is 6.03. The molecule has 0 unspecified atom stereocenters. The van der Waals surface area contributed by atoms with Gasteiger partial charge in [-0.15, -0.1) is 0 Å². The number of rotatable bonds is 7. The molecule has 0 aliphatic heterocycles. The number of benzene rings is 1. The van der Waals surface area contributed by atoms with Gasteiger partial charge >= 0.3 is 0 Å². The summed E-state index contributed by atoms with van der Waals surface area (Å²) in [4.78, 5) is 0. The predicted octanol–water partition coefficient (Wildman–Crippen LogP) is 3.19. The smallest absolute Gasteiger partial charge is 0.160 e. The van der Waals surface area contributed by atoms with Crippen LogP contribution in [-0.4, -0.2) is 27.6 Å². The Morgan fingerprint density at radius 1 is 1.22 bits per heavy atom. The highest BCUT2D eigenvalue weighted by molar-refractivity contribution is 5.30. The molecular weight excluding hydrogens is 228 g/mol. The molecule has 0 N–H and O–H groups in total. The lowest BCUT2D eigenvalue weighted by molar-refractivity contribution is -0.100. The van der Waals surface area contributed by atoms with E-state index < -0.39 is 0 Å². The Morgan fingerprint density at radius 3 is 2.56 bits per heavy atom. The van der Waals surface area contributed by atoms with Gasteiger partial charge in [-0.3, -0.25) is 0 Å². The van der Waals surface area contributed by atoms with E-state index in [1.165, 1.54) is 11.1 Å². The van der Waals surface area contributed by atoms with Crippen molar-refractivity contribution in [2.75, 3.05) is 21.3 Å². The van der Waals surface area contributed by atoms with Crippen LogP contribution in [0.2, 0.25) is 0 Å². The summed E-state index contributed by atoms with van der Waals surface area (Å²) >= 11 is 0. The molecule has 0 saturated heterocycles. The van der Waals surface area contributed by atoms with Gasteiger partial charge in [0.25, 0.3) is 0 Å². The second kappa shape index (κ2) is 7.90. The van der Waals surface area contributed by atoms with Crippen LogP contribution in [0.1, 0.15) is 18.9 Å². The second-order valence-corrected chi connectivity index (χ2v) is 4.21. The maximum atomic E-state index is 5.20. The molecular formula is C15H22O3. The van der Waals surface area contributed by atoms with Crippen LogP contribution in [0.25, 0.3) is 0 Å². The summed E-state index contributed by atoms with van der Waals surface area (Å²) in [5.74, 6) is 0.894. The van der Waals surface area contributed by atoms with E-state index in [1.807, 2.05) is 18.2 Å². The fourth-order valence-electron chi connectivity index (χ4n) is 1.70. The number of hydrogen-bond donors (Lipinski definition) is 0. The molecule has 0 amide bonds. The van der Waals surface area contributed by atoms with E-state index in [-0.39, 0.29) is 6.29 Å². The van der Waals surface area contributed by atoms with Gasteiger partial charge in [-0.25, -0.2) is 0 Å². The van der Waals surface area contributed by atoms with Crippen molar-refractivity contribution < 1.29 is 14.2 Å². The van der Waals surface area contributed by atoms with Crippen LogP contribution >= 0.6 is 0 Å². The molecule has 18 heavy (non-hydrogen) atoms. The zero-order valence-electron chi connectivity index (χ0n) is 11.6.